The lowest BCUT2D eigenvalue weighted by molar-refractivity contribution is -0.139. The van der Waals surface area contributed by atoms with E-state index in [-0.39, 0.29) is 24.4 Å². The van der Waals surface area contributed by atoms with Crippen LogP contribution >= 0.6 is 0 Å². The molecule has 0 bridgehead atoms. The molecular weight excluding hydrogens is 399 g/mol. The quantitative estimate of drug-likeness (QED) is 0.666. The van der Waals surface area contributed by atoms with Crippen LogP contribution in [0, 0.1) is 19.7 Å². The zero-order chi connectivity index (χ0) is 22.5. The molecule has 1 aliphatic heterocycles. The predicted molar refractivity (Wildman–Crippen MR) is 115 cm³/mol. The number of likely N-dealkylation sites (N-methyl/N-ethyl adjacent to an activating group) is 1. The fourth-order valence-electron chi connectivity index (χ4n) is 3.75. The molecule has 0 radical (unpaired) electrons. The van der Waals surface area contributed by atoms with Crippen molar-refractivity contribution in [1.82, 2.24) is 10.2 Å². The highest BCUT2D eigenvalue weighted by atomic mass is 19.1. The van der Waals surface area contributed by atoms with E-state index in [0.717, 1.165) is 11.1 Å². The second kappa shape index (κ2) is 9.64. The molecule has 7 heteroatoms. The number of nitrogens with one attached hydrogen (secondary N) is 1. The van der Waals surface area contributed by atoms with Crippen molar-refractivity contribution < 1.29 is 23.5 Å². The zero-order valence-corrected chi connectivity index (χ0v) is 18.2. The normalized spacial score (nSPS) is 16.2. The third-order valence-electron chi connectivity index (χ3n) is 5.04. The van der Waals surface area contributed by atoms with Crippen LogP contribution in [0.15, 0.2) is 53.7 Å². The van der Waals surface area contributed by atoms with Crippen LogP contribution in [0.5, 0.6) is 5.75 Å². The van der Waals surface area contributed by atoms with Crippen molar-refractivity contribution in [2.24, 2.45) is 0 Å². The standard InChI is InChI=1S/C24H27FN2O4/c1-5-27-20(14-31-17-12-15(3)11-16(4)13-17)21(23(28)30-6-2)22(26-24(27)29)18-9-7-8-10-19(18)25/h7-13,22H,5-6,14H2,1-4H3,(H,26,29)/t22-/m0/s1. The Morgan fingerprint density at radius 2 is 1.81 bits per heavy atom. The number of nitrogens with zero attached hydrogens (tertiary/aromatic N) is 1. The second-order valence-electron chi connectivity index (χ2n) is 7.34. The maximum absolute atomic E-state index is 14.6. The summed E-state index contributed by atoms with van der Waals surface area (Å²) in [7, 11) is 0. The van der Waals surface area contributed by atoms with E-state index in [2.05, 4.69) is 5.32 Å². The predicted octanol–water partition coefficient (Wildman–Crippen LogP) is 4.42. The minimum absolute atomic E-state index is 0.0384. The maximum atomic E-state index is 14.6. The van der Waals surface area contributed by atoms with Gasteiger partial charge in [0, 0.05) is 12.1 Å². The molecule has 164 valence electrons. The summed E-state index contributed by atoms with van der Waals surface area (Å²) in [5.41, 5.74) is 2.79. The van der Waals surface area contributed by atoms with Crippen LogP contribution in [0.1, 0.15) is 36.6 Å². The minimum Gasteiger partial charge on any atom is -0.487 e. The largest absolute Gasteiger partial charge is 0.487 e. The number of hydrogen-bond acceptors (Lipinski definition) is 4. The first-order chi connectivity index (χ1) is 14.8. The Balaban J connectivity index is 2.09. The highest BCUT2D eigenvalue weighted by molar-refractivity contribution is 5.95. The second-order valence-corrected chi connectivity index (χ2v) is 7.34. The van der Waals surface area contributed by atoms with Gasteiger partial charge in [-0.25, -0.2) is 14.0 Å². The van der Waals surface area contributed by atoms with E-state index in [4.69, 9.17) is 9.47 Å². The Hall–Kier alpha value is -3.35. The van der Waals surface area contributed by atoms with E-state index in [9.17, 15) is 14.0 Å². The van der Waals surface area contributed by atoms with Crippen molar-refractivity contribution in [1.29, 1.82) is 0 Å². The van der Waals surface area contributed by atoms with Crippen molar-refractivity contribution in [3.8, 4) is 5.75 Å². The topological polar surface area (TPSA) is 67.9 Å². The summed E-state index contributed by atoms with van der Waals surface area (Å²) >= 11 is 0. The molecular formula is C24H27FN2O4. The molecule has 0 aliphatic carbocycles. The highest BCUT2D eigenvalue weighted by Gasteiger charge is 2.39. The minimum atomic E-state index is -0.978. The maximum Gasteiger partial charge on any atom is 0.338 e. The number of aryl methyl sites for hydroxylation is 2. The number of urea groups is 1. The molecule has 0 saturated heterocycles. The first kappa shape index (κ1) is 22.3. The van der Waals surface area contributed by atoms with Gasteiger partial charge in [-0.15, -0.1) is 0 Å². The van der Waals surface area contributed by atoms with Crippen LogP contribution in [-0.4, -0.2) is 36.7 Å². The van der Waals surface area contributed by atoms with E-state index in [1.165, 1.54) is 11.0 Å². The summed E-state index contributed by atoms with van der Waals surface area (Å²) in [4.78, 5) is 27.2. The average Bonchev–Trinajstić information content (AvgIpc) is 2.71. The fourth-order valence-corrected chi connectivity index (χ4v) is 3.75. The molecule has 31 heavy (non-hydrogen) atoms. The van der Waals surface area contributed by atoms with Crippen molar-refractivity contribution in [3.05, 3.63) is 76.2 Å². The van der Waals surface area contributed by atoms with E-state index in [1.807, 2.05) is 32.0 Å². The Labute approximate surface area is 181 Å². The van der Waals surface area contributed by atoms with E-state index < -0.39 is 23.9 Å². The molecule has 1 atom stereocenters. The molecule has 0 saturated carbocycles. The van der Waals surface area contributed by atoms with Gasteiger partial charge in [-0.3, -0.25) is 4.90 Å². The monoisotopic (exact) mass is 426 g/mol. The Bertz CT molecular complexity index is 998. The van der Waals surface area contributed by atoms with Gasteiger partial charge in [-0.05, 0) is 57.0 Å². The van der Waals surface area contributed by atoms with Crippen molar-refractivity contribution in [3.63, 3.8) is 0 Å². The highest BCUT2D eigenvalue weighted by Crippen LogP contribution is 2.33. The summed E-state index contributed by atoms with van der Waals surface area (Å²) in [6, 6.07) is 10.4. The summed E-state index contributed by atoms with van der Waals surface area (Å²) in [5, 5.41) is 2.74. The smallest absolute Gasteiger partial charge is 0.338 e. The van der Waals surface area contributed by atoms with Crippen LogP contribution in [0.4, 0.5) is 9.18 Å². The summed E-state index contributed by atoms with van der Waals surface area (Å²) < 4.78 is 25.8. The van der Waals surface area contributed by atoms with Gasteiger partial charge in [0.2, 0.25) is 0 Å². The van der Waals surface area contributed by atoms with Crippen molar-refractivity contribution >= 4 is 12.0 Å². The number of hydrogen-bond donors (Lipinski definition) is 1. The van der Waals surface area contributed by atoms with Gasteiger partial charge in [0.15, 0.2) is 0 Å². The lowest BCUT2D eigenvalue weighted by Crippen LogP contribution is -2.49. The molecule has 0 fully saturated rings. The number of halogens is 1. The van der Waals surface area contributed by atoms with Gasteiger partial charge in [-0.1, -0.05) is 24.3 Å². The Morgan fingerprint density at radius 3 is 2.42 bits per heavy atom. The number of esters is 1. The molecule has 6 nitrogen and oxygen atoms in total. The van der Waals surface area contributed by atoms with Gasteiger partial charge in [0.05, 0.1) is 23.9 Å². The lowest BCUT2D eigenvalue weighted by Gasteiger charge is -2.36. The van der Waals surface area contributed by atoms with Gasteiger partial charge < -0.3 is 14.8 Å². The van der Waals surface area contributed by atoms with Gasteiger partial charge >= 0.3 is 12.0 Å². The third kappa shape index (κ3) is 4.87. The number of rotatable bonds is 7. The molecule has 2 amide bonds. The summed E-state index contributed by atoms with van der Waals surface area (Å²) in [5.74, 6) is -0.514. The van der Waals surface area contributed by atoms with Gasteiger partial charge in [-0.2, -0.15) is 0 Å². The van der Waals surface area contributed by atoms with Crippen LogP contribution in [0.2, 0.25) is 0 Å². The van der Waals surface area contributed by atoms with Crippen LogP contribution in [-0.2, 0) is 9.53 Å². The molecule has 1 heterocycles. The third-order valence-corrected chi connectivity index (χ3v) is 5.04. The Morgan fingerprint density at radius 1 is 1.13 bits per heavy atom. The fraction of sp³-hybridized carbons (Fsp3) is 0.333. The van der Waals surface area contributed by atoms with Crippen LogP contribution in [0.25, 0.3) is 0 Å². The average molecular weight is 426 g/mol. The Kier molecular flexibility index (Phi) is 6.95. The lowest BCUT2D eigenvalue weighted by atomic mass is 9.94. The molecule has 1 aliphatic rings. The molecule has 2 aromatic carbocycles. The van der Waals surface area contributed by atoms with E-state index in [0.29, 0.717) is 18.0 Å². The molecule has 0 unspecified atom stereocenters. The molecule has 0 aromatic heterocycles. The summed E-state index contributed by atoms with van der Waals surface area (Å²) in [6.07, 6.45) is 0. The van der Waals surface area contributed by atoms with Crippen LogP contribution in [0.3, 0.4) is 0 Å². The first-order valence-electron chi connectivity index (χ1n) is 10.3. The van der Waals surface area contributed by atoms with Gasteiger partial charge in [0.25, 0.3) is 0 Å². The number of ether oxygens (including phenoxy) is 2. The van der Waals surface area contributed by atoms with Gasteiger partial charge in [0.1, 0.15) is 18.2 Å². The summed E-state index contributed by atoms with van der Waals surface area (Å²) in [6.45, 7) is 7.84. The SMILES string of the molecule is CCOC(=O)C1=C(COc2cc(C)cc(C)c2)N(CC)C(=O)N[C@H]1c1ccccc1F. The molecule has 2 aromatic rings. The van der Waals surface area contributed by atoms with E-state index in [1.54, 1.807) is 32.0 Å². The van der Waals surface area contributed by atoms with E-state index >= 15 is 0 Å². The van der Waals surface area contributed by atoms with Crippen LogP contribution < -0.4 is 10.1 Å². The number of benzene rings is 2. The zero-order valence-electron chi connectivity index (χ0n) is 18.2. The molecule has 1 N–H and O–H groups in total. The van der Waals surface area contributed by atoms with Crippen molar-refractivity contribution in [2.45, 2.75) is 33.7 Å². The van der Waals surface area contributed by atoms with Crippen molar-refractivity contribution in [2.75, 3.05) is 19.8 Å². The first-order valence-corrected chi connectivity index (χ1v) is 10.3. The molecule has 0 spiro atoms. The number of carbonyl (C=O) groups excluding carboxylic acids is 2. The number of carbonyl (C=O) groups is 2. The number of amides is 2. The molecule has 3 rings (SSSR count).